The van der Waals surface area contributed by atoms with Gasteiger partial charge in [0, 0.05) is 18.6 Å². The fraction of sp³-hybridized carbons (Fsp3) is 0.941. The van der Waals surface area contributed by atoms with Gasteiger partial charge in [0.25, 0.3) is 0 Å². The summed E-state index contributed by atoms with van der Waals surface area (Å²) in [7, 11) is 0. The van der Waals surface area contributed by atoms with Gasteiger partial charge in [-0.15, -0.1) is 0 Å². The number of urea groups is 1. The van der Waals surface area contributed by atoms with E-state index < -0.39 is 0 Å². The third-order valence-electron chi connectivity index (χ3n) is 4.62. The second-order valence-electron chi connectivity index (χ2n) is 6.50. The molecule has 0 aliphatic carbocycles. The van der Waals surface area contributed by atoms with Crippen molar-refractivity contribution in [1.29, 1.82) is 0 Å². The summed E-state index contributed by atoms with van der Waals surface area (Å²) in [5, 5.41) is 3.02. The van der Waals surface area contributed by atoms with Crippen molar-refractivity contribution < 1.29 is 4.79 Å². The number of hydrogen-bond acceptors (Lipinski definition) is 1. The number of rotatable bonds is 10. The lowest BCUT2D eigenvalue weighted by atomic mass is 9.86. The maximum atomic E-state index is 12.2. The van der Waals surface area contributed by atoms with Crippen LogP contribution in [0.4, 0.5) is 4.79 Å². The Morgan fingerprint density at radius 2 is 1.65 bits per heavy atom. The molecule has 20 heavy (non-hydrogen) atoms. The summed E-state index contributed by atoms with van der Waals surface area (Å²) in [5.74, 6) is 0. The number of carbonyl (C=O) groups is 1. The van der Waals surface area contributed by atoms with E-state index in [1.165, 1.54) is 44.9 Å². The number of nitrogens with one attached hydrogen (secondary N) is 1. The second-order valence-corrected chi connectivity index (χ2v) is 6.50. The van der Waals surface area contributed by atoms with Gasteiger partial charge in [-0.05, 0) is 26.2 Å². The molecule has 1 aliphatic rings. The highest BCUT2D eigenvalue weighted by atomic mass is 16.2. The first-order chi connectivity index (χ1) is 9.64. The largest absolute Gasteiger partial charge is 0.338 e. The van der Waals surface area contributed by atoms with Crippen LogP contribution in [0.2, 0.25) is 0 Å². The normalized spacial score (nSPS) is 18.8. The van der Waals surface area contributed by atoms with E-state index in [1.807, 2.05) is 0 Å². The molecule has 118 valence electrons. The molecule has 1 rings (SSSR count). The summed E-state index contributed by atoms with van der Waals surface area (Å²) in [6, 6.07) is 0.158. The average molecular weight is 282 g/mol. The number of carbonyl (C=O) groups excluding carboxylic acids is 1. The monoisotopic (exact) mass is 282 g/mol. The Bertz CT molecular complexity index is 280. The Hall–Kier alpha value is -0.730. The van der Waals surface area contributed by atoms with Crippen LogP contribution in [-0.2, 0) is 0 Å². The number of nitrogens with zero attached hydrogens (tertiary/aromatic N) is 1. The van der Waals surface area contributed by atoms with Crippen molar-refractivity contribution in [2.45, 2.75) is 90.5 Å². The third kappa shape index (κ3) is 5.34. The first kappa shape index (κ1) is 17.3. The van der Waals surface area contributed by atoms with E-state index in [4.69, 9.17) is 0 Å². The van der Waals surface area contributed by atoms with Gasteiger partial charge in [0.05, 0.1) is 0 Å². The van der Waals surface area contributed by atoms with Gasteiger partial charge in [0.2, 0.25) is 0 Å². The van der Waals surface area contributed by atoms with Crippen LogP contribution in [-0.4, -0.2) is 29.6 Å². The van der Waals surface area contributed by atoms with Crippen molar-refractivity contribution >= 4 is 6.03 Å². The summed E-state index contributed by atoms with van der Waals surface area (Å²) in [5.41, 5.74) is 0.0629. The molecule has 1 unspecified atom stereocenters. The topological polar surface area (TPSA) is 32.3 Å². The van der Waals surface area contributed by atoms with Crippen molar-refractivity contribution in [2.24, 2.45) is 0 Å². The minimum Gasteiger partial charge on any atom is -0.338 e. The van der Waals surface area contributed by atoms with E-state index in [0.29, 0.717) is 0 Å². The van der Waals surface area contributed by atoms with E-state index >= 15 is 0 Å². The maximum Gasteiger partial charge on any atom is 0.317 e. The van der Waals surface area contributed by atoms with Crippen LogP contribution in [0.1, 0.15) is 85.0 Å². The zero-order valence-corrected chi connectivity index (χ0v) is 13.8. The van der Waals surface area contributed by atoms with Crippen molar-refractivity contribution in [1.82, 2.24) is 10.2 Å². The lowest BCUT2D eigenvalue weighted by Crippen LogP contribution is -2.57. The Morgan fingerprint density at radius 1 is 1.05 bits per heavy atom. The van der Waals surface area contributed by atoms with E-state index in [1.54, 1.807) is 0 Å². The van der Waals surface area contributed by atoms with Crippen LogP contribution in [0.25, 0.3) is 0 Å². The lowest BCUT2D eigenvalue weighted by Gasteiger charge is -2.44. The van der Waals surface area contributed by atoms with Crippen molar-refractivity contribution in [2.75, 3.05) is 13.1 Å². The fourth-order valence-corrected chi connectivity index (χ4v) is 3.23. The molecule has 0 aromatic rings. The molecule has 1 heterocycles. The zero-order valence-electron chi connectivity index (χ0n) is 13.8. The van der Waals surface area contributed by atoms with Gasteiger partial charge in [-0.1, -0.05) is 58.8 Å². The Labute approximate surface area is 125 Å². The number of unbranched alkanes of at least 4 members (excludes halogenated alkanes) is 5. The van der Waals surface area contributed by atoms with Crippen molar-refractivity contribution in [3.63, 3.8) is 0 Å². The molecule has 1 fully saturated rings. The minimum atomic E-state index is 0.0629. The first-order valence-electron chi connectivity index (χ1n) is 8.69. The molecule has 0 radical (unpaired) electrons. The molecule has 3 heteroatoms. The predicted molar refractivity (Wildman–Crippen MR) is 86.0 cm³/mol. The van der Waals surface area contributed by atoms with E-state index in [2.05, 4.69) is 31.0 Å². The smallest absolute Gasteiger partial charge is 0.317 e. The predicted octanol–water partition coefficient (Wildman–Crippen LogP) is 4.71. The number of hydrogen-bond donors (Lipinski definition) is 1. The average Bonchev–Trinajstić information content (AvgIpc) is 2.44. The summed E-state index contributed by atoms with van der Waals surface area (Å²) in [4.78, 5) is 14.3. The molecule has 0 spiro atoms. The second kappa shape index (κ2) is 9.25. The molecule has 3 nitrogen and oxygen atoms in total. The first-order valence-corrected chi connectivity index (χ1v) is 8.69. The molecule has 1 saturated heterocycles. The molecule has 1 aliphatic heterocycles. The lowest BCUT2D eigenvalue weighted by molar-refractivity contribution is 0.0926. The third-order valence-corrected chi connectivity index (χ3v) is 4.62. The quantitative estimate of drug-likeness (QED) is 0.578. The van der Waals surface area contributed by atoms with Crippen LogP contribution in [0.5, 0.6) is 0 Å². The zero-order chi connectivity index (χ0) is 14.8. The highest BCUT2D eigenvalue weighted by molar-refractivity contribution is 5.75. The maximum absolute atomic E-state index is 12.2. The summed E-state index contributed by atoms with van der Waals surface area (Å²) in [6.07, 6.45) is 12.3. The molecule has 0 aromatic carbocycles. The van der Waals surface area contributed by atoms with Gasteiger partial charge < -0.3 is 10.2 Å². The van der Waals surface area contributed by atoms with E-state index in [9.17, 15) is 4.79 Å². The highest BCUT2D eigenvalue weighted by Crippen LogP contribution is 2.30. The molecular formula is C17H34N2O. The SMILES string of the molecule is CCCCCCC(C)(CCCCC)N1CCCNC1=O. The standard InChI is InChI=1S/C17H34N2O/c1-4-6-8-10-13-17(3,12-9-7-5-2)19-15-11-14-18-16(19)20/h4-15H2,1-3H3,(H,18,20). The minimum absolute atomic E-state index is 0.0629. The molecule has 1 N–H and O–H groups in total. The molecule has 2 amide bonds. The summed E-state index contributed by atoms with van der Waals surface area (Å²) < 4.78 is 0. The van der Waals surface area contributed by atoms with Gasteiger partial charge in [0.15, 0.2) is 0 Å². The van der Waals surface area contributed by atoms with Crippen LogP contribution >= 0.6 is 0 Å². The van der Waals surface area contributed by atoms with E-state index in [0.717, 1.165) is 32.4 Å². The molecule has 0 aromatic heterocycles. The van der Waals surface area contributed by atoms with Crippen molar-refractivity contribution in [3.8, 4) is 0 Å². The van der Waals surface area contributed by atoms with Crippen LogP contribution in [0.15, 0.2) is 0 Å². The van der Waals surface area contributed by atoms with Gasteiger partial charge in [-0.25, -0.2) is 4.79 Å². The Kier molecular flexibility index (Phi) is 8.01. The van der Waals surface area contributed by atoms with Gasteiger partial charge in [-0.2, -0.15) is 0 Å². The molecular weight excluding hydrogens is 248 g/mol. The van der Waals surface area contributed by atoms with Crippen molar-refractivity contribution in [3.05, 3.63) is 0 Å². The molecule has 0 saturated carbocycles. The summed E-state index contributed by atoms with van der Waals surface area (Å²) >= 11 is 0. The Balaban J connectivity index is 2.58. The highest BCUT2D eigenvalue weighted by Gasteiger charge is 2.35. The van der Waals surface area contributed by atoms with Crippen LogP contribution < -0.4 is 5.32 Å². The molecule has 0 bridgehead atoms. The van der Waals surface area contributed by atoms with Crippen LogP contribution in [0.3, 0.4) is 0 Å². The summed E-state index contributed by atoms with van der Waals surface area (Å²) in [6.45, 7) is 8.57. The Morgan fingerprint density at radius 3 is 2.25 bits per heavy atom. The fourth-order valence-electron chi connectivity index (χ4n) is 3.23. The molecule has 1 atom stereocenters. The number of amides is 2. The van der Waals surface area contributed by atoms with Crippen LogP contribution in [0, 0.1) is 0 Å². The van der Waals surface area contributed by atoms with Gasteiger partial charge in [0.1, 0.15) is 0 Å². The van der Waals surface area contributed by atoms with E-state index in [-0.39, 0.29) is 11.6 Å². The van der Waals surface area contributed by atoms with Gasteiger partial charge >= 0.3 is 6.03 Å². The van der Waals surface area contributed by atoms with Gasteiger partial charge in [-0.3, -0.25) is 0 Å².